The molecule has 6 heteroatoms. The van der Waals surface area contributed by atoms with Crippen molar-refractivity contribution in [3.05, 3.63) is 60.2 Å². The summed E-state index contributed by atoms with van der Waals surface area (Å²) in [5, 5.41) is 0. The van der Waals surface area contributed by atoms with Gasteiger partial charge in [0.1, 0.15) is 18.1 Å². The Labute approximate surface area is 166 Å². The first-order valence-electron chi connectivity index (χ1n) is 9.27. The molecule has 0 N–H and O–H groups in total. The molecule has 0 aromatic heterocycles. The lowest BCUT2D eigenvalue weighted by Gasteiger charge is -2.22. The summed E-state index contributed by atoms with van der Waals surface area (Å²) in [7, 11) is 2.95. The topological polar surface area (TPSA) is 65.1 Å². The predicted octanol–water partition coefficient (Wildman–Crippen LogP) is 3.10. The Hall–Kier alpha value is -3.02. The van der Waals surface area contributed by atoms with E-state index in [1.54, 1.807) is 12.0 Å². The number of methoxy groups -OCH3 is 2. The van der Waals surface area contributed by atoms with Crippen molar-refractivity contribution in [3.63, 3.8) is 0 Å². The number of rotatable bonds is 11. The average Bonchev–Trinajstić information content (AvgIpc) is 2.75. The third-order valence-corrected chi connectivity index (χ3v) is 4.33. The smallest absolute Gasteiger partial charge is 0.307 e. The van der Waals surface area contributed by atoms with Crippen LogP contribution in [0.15, 0.2) is 54.6 Å². The van der Waals surface area contributed by atoms with Crippen LogP contribution in [0.1, 0.15) is 18.4 Å². The first kappa shape index (κ1) is 21.3. The van der Waals surface area contributed by atoms with E-state index in [2.05, 4.69) is 4.74 Å². The van der Waals surface area contributed by atoms with E-state index in [1.807, 2.05) is 54.6 Å². The molecule has 1 amide bonds. The zero-order valence-corrected chi connectivity index (χ0v) is 16.4. The van der Waals surface area contributed by atoms with Gasteiger partial charge < -0.3 is 19.1 Å². The van der Waals surface area contributed by atoms with Crippen molar-refractivity contribution < 1.29 is 23.8 Å². The van der Waals surface area contributed by atoms with Crippen molar-refractivity contribution in [2.24, 2.45) is 0 Å². The Bertz CT molecular complexity index is 730. The fourth-order valence-corrected chi connectivity index (χ4v) is 2.69. The molecular formula is C22H27NO5. The first-order valence-corrected chi connectivity index (χ1v) is 9.27. The highest BCUT2D eigenvalue weighted by Gasteiger charge is 2.15. The third-order valence-electron chi connectivity index (χ3n) is 4.33. The van der Waals surface area contributed by atoms with E-state index in [-0.39, 0.29) is 18.3 Å². The highest BCUT2D eigenvalue weighted by molar-refractivity contribution is 5.77. The summed E-state index contributed by atoms with van der Waals surface area (Å²) < 4.78 is 15.5. The minimum absolute atomic E-state index is 0.00825. The van der Waals surface area contributed by atoms with Gasteiger partial charge in [-0.2, -0.15) is 0 Å². The van der Waals surface area contributed by atoms with Crippen LogP contribution in [0.4, 0.5) is 0 Å². The maximum absolute atomic E-state index is 12.6. The zero-order chi connectivity index (χ0) is 20.2. The summed E-state index contributed by atoms with van der Waals surface area (Å²) in [6.45, 7) is 1.05. The molecule has 150 valence electrons. The second-order valence-corrected chi connectivity index (χ2v) is 6.22. The van der Waals surface area contributed by atoms with E-state index in [0.29, 0.717) is 38.3 Å². The molecule has 0 spiro atoms. The molecule has 0 radical (unpaired) electrons. The van der Waals surface area contributed by atoms with E-state index in [9.17, 15) is 9.59 Å². The molecule has 0 aliphatic carbocycles. The molecule has 0 atom stereocenters. The van der Waals surface area contributed by atoms with Crippen LogP contribution in [0.2, 0.25) is 0 Å². The van der Waals surface area contributed by atoms with Crippen LogP contribution in [0.5, 0.6) is 11.5 Å². The minimum Gasteiger partial charge on any atom is -0.497 e. The van der Waals surface area contributed by atoms with Gasteiger partial charge in [-0.15, -0.1) is 0 Å². The molecule has 0 aliphatic heterocycles. The van der Waals surface area contributed by atoms with E-state index in [0.717, 1.165) is 11.3 Å². The van der Waals surface area contributed by atoms with Gasteiger partial charge in [0.15, 0.2) is 0 Å². The van der Waals surface area contributed by atoms with Gasteiger partial charge in [-0.3, -0.25) is 9.59 Å². The molecule has 6 nitrogen and oxygen atoms in total. The molecule has 2 aromatic carbocycles. The standard InChI is InChI=1S/C22H27NO5/c1-26-19-9-11-20(12-10-19)28-17-16-23(15-14-22(25)27-2)21(24)13-8-18-6-4-3-5-7-18/h3-7,9-12H,8,13-17H2,1-2H3. The van der Waals surface area contributed by atoms with Crippen LogP contribution in [0.3, 0.4) is 0 Å². The van der Waals surface area contributed by atoms with Crippen molar-refractivity contribution in [2.75, 3.05) is 33.9 Å². The van der Waals surface area contributed by atoms with Crippen LogP contribution in [0, 0.1) is 0 Å². The molecule has 0 aliphatic rings. The Morgan fingerprint density at radius 1 is 0.857 bits per heavy atom. The monoisotopic (exact) mass is 385 g/mol. The fraction of sp³-hybridized carbons (Fsp3) is 0.364. The van der Waals surface area contributed by atoms with Gasteiger partial charge in [0.25, 0.3) is 0 Å². The number of carbonyl (C=O) groups excluding carboxylic acids is 2. The molecule has 2 aromatic rings. The lowest BCUT2D eigenvalue weighted by Crippen LogP contribution is -2.36. The summed E-state index contributed by atoms with van der Waals surface area (Å²) in [5.74, 6) is 1.11. The molecular weight excluding hydrogens is 358 g/mol. The third kappa shape index (κ3) is 7.31. The highest BCUT2D eigenvalue weighted by Crippen LogP contribution is 2.17. The zero-order valence-electron chi connectivity index (χ0n) is 16.4. The SMILES string of the molecule is COC(=O)CCN(CCOc1ccc(OC)cc1)C(=O)CCc1ccccc1. The maximum atomic E-state index is 12.6. The lowest BCUT2D eigenvalue weighted by molar-refractivity contribution is -0.141. The Kier molecular flexibility index (Phi) is 8.85. The van der Waals surface area contributed by atoms with Gasteiger partial charge in [-0.25, -0.2) is 0 Å². The van der Waals surface area contributed by atoms with Crippen LogP contribution in [0.25, 0.3) is 0 Å². The molecule has 2 rings (SSSR count). The van der Waals surface area contributed by atoms with Gasteiger partial charge in [0, 0.05) is 13.0 Å². The van der Waals surface area contributed by atoms with Gasteiger partial charge in [-0.1, -0.05) is 30.3 Å². The Morgan fingerprint density at radius 2 is 1.54 bits per heavy atom. The number of esters is 1. The van der Waals surface area contributed by atoms with Gasteiger partial charge in [0.2, 0.25) is 5.91 Å². The molecule has 0 heterocycles. The maximum Gasteiger partial charge on any atom is 0.307 e. The lowest BCUT2D eigenvalue weighted by atomic mass is 10.1. The van der Waals surface area contributed by atoms with Crippen LogP contribution in [-0.4, -0.2) is 50.7 Å². The van der Waals surface area contributed by atoms with Gasteiger partial charge >= 0.3 is 5.97 Å². The summed E-state index contributed by atoms with van der Waals surface area (Å²) in [5.41, 5.74) is 1.11. The van der Waals surface area contributed by atoms with Gasteiger partial charge in [0.05, 0.1) is 27.2 Å². The fourth-order valence-electron chi connectivity index (χ4n) is 2.69. The van der Waals surface area contributed by atoms with Gasteiger partial charge in [-0.05, 0) is 36.2 Å². The van der Waals surface area contributed by atoms with Crippen LogP contribution < -0.4 is 9.47 Å². The van der Waals surface area contributed by atoms with E-state index >= 15 is 0 Å². The summed E-state index contributed by atoms with van der Waals surface area (Å²) in [4.78, 5) is 25.8. The van der Waals surface area contributed by atoms with E-state index in [1.165, 1.54) is 7.11 Å². The molecule has 0 bridgehead atoms. The molecule has 0 unspecified atom stereocenters. The molecule has 0 fully saturated rings. The number of aryl methyl sites for hydroxylation is 1. The Morgan fingerprint density at radius 3 is 2.18 bits per heavy atom. The van der Waals surface area contributed by atoms with Crippen molar-refractivity contribution in [1.82, 2.24) is 4.90 Å². The van der Waals surface area contributed by atoms with E-state index in [4.69, 9.17) is 9.47 Å². The summed E-state index contributed by atoms with van der Waals surface area (Å²) in [6, 6.07) is 17.1. The summed E-state index contributed by atoms with van der Waals surface area (Å²) >= 11 is 0. The van der Waals surface area contributed by atoms with Crippen molar-refractivity contribution in [2.45, 2.75) is 19.3 Å². The Balaban J connectivity index is 1.87. The van der Waals surface area contributed by atoms with E-state index < -0.39 is 0 Å². The number of hydrogen-bond donors (Lipinski definition) is 0. The van der Waals surface area contributed by atoms with Crippen LogP contribution in [-0.2, 0) is 20.7 Å². The quantitative estimate of drug-likeness (QED) is 0.556. The average molecular weight is 385 g/mol. The number of amides is 1. The summed E-state index contributed by atoms with van der Waals surface area (Å²) in [6.07, 6.45) is 1.21. The van der Waals surface area contributed by atoms with Crippen molar-refractivity contribution >= 4 is 11.9 Å². The predicted molar refractivity (Wildman–Crippen MR) is 106 cm³/mol. The number of carbonyl (C=O) groups is 2. The number of hydrogen-bond acceptors (Lipinski definition) is 5. The van der Waals surface area contributed by atoms with Crippen molar-refractivity contribution in [3.8, 4) is 11.5 Å². The largest absolute Gasteiger partial charge is 0.497 e. The number of nitrogens with zero attached hydrogens (tertiary/aromatic N) is 1. The molecule has 0 saturated carbocycles. The first-order chi connectivity index (χ1) is 13.6. The normalized spacial score (nSPS) is 10.2. The molecule has 0 saturated heterocycles. The second kappa shape index (κ2) is 11.6. The molecule has 28 heavy (non-hydrogen) atoms. The second-order valence-electron chi connectivity index (χ2n) is 6.22. The number of benzene rings is 2. The van der Waals surface area contributed by atoms with Crippen molar-refractivity contribution in [1.29, 1.82) is 0 Å². The number of ether oxygens (including phenoxy) is 3. The van der Waals surface area contributed by atoms with Crippen LogP contribution >= 0.6 is 0 Å². The highest BCUT2D eigenvalue weighted by atomic mass is 16.5. The minimum atomic E-state index is -0.336.